The lowest BCUT2D eigenvalue weighted by Gasteiger charge is -2.35. The first kappa shape index (κ1) is 17.2. The van der Waals surface area contributed by atoms with Gasteiger partial charge in [0.15, 0.2) is 0 Å². The van der Waals surface area contributed by atoms with Crippen molar-refractivity contribution in [1.82, 2.24) is 9.80 Å². The Kier molecular flexibility index (Phi) is 5.36. The summed E-state index contributed by atoms with van der Waals surface area (Å²) in [6.45, 7) is 2.19. The SMILES string of the molecule is O=C(c1cccc(Br)c1)N1CCN(C(=O)c2cccc(Br)c2)CC1. The highest BCUT2D eigenvalue weighted by atomic mass is 79.9. The van der Waals surface area contributed by atoms with E-state index in [-0.39, 0.29) is 11.8 Å². The zero-order valence-electron chi connectivity index (χ0n) is 12.9. The predicted molar refractivity (Wildman–Crippen MR) is 100 cm³/mol. The molecule has 1 aliphatic heterocycles. The largest absolute Gasteiger partial charge is 0.335 e. The molecule has 24 heavy (non-hydrogen) atoms. The molecule has 4 nitrogen and oxygen atoms in total. The number of carbonyl (C=O) groups is 2. The van der Waals surface area contributed by atoms with Crippen LogP contribution in [0.3, 0.4) is 0 Å². The molecule has 6 heteroatoms. The zero-order chi connectivity index (χ0) is 17.1. The Morgan fingerprint density at radius 3 is 1.42 bits per heavy atom. The van der Waals surface area contributed by atoms with Gasteiger partial charge in [-0.2, -0.15) is 0 Å². The van der Waals surface area contributed by atoms with Crippen LogP contribution in [0.15, 0.2) is 57.5 Å². The lowest BCUT2D eigenvalue weighted by molar-refractivity contribution is 0.0535. The van der Waals surface area contributed by atoms with Gasteiger partial charge in [-0.25, -0.2) is 0 Å². The Morgan fingerprint density at radius 1 is 0.708 bits per heavy atom. The highest BCUT2D eigenvalue weighted by Gasteiger charge is 2.25. The third-order valence-electron chi connectivity index (χ3n) is 4.00. The van der Waals surface area contributed by atoms with E-state index in [2.05, 4.69) is 31.9 Å². The molecule has 1 aliphatic rings. The molecule has 1 fully saturated rings. The van der Waals surface area contributed by atoms with Crippen LogP contribution >= 0.6 is 31.9 Å². The van der Waals surface area contributed by atoms with Crippen LogP contribution in [0, 0.1) is 0 Å². The summed E-state index contributed by atoms with van der Waals surface area (Å²) in [5, 5.41) is 0. The van der Waals surface area contributed by atoms with Crippen LogP contribution in [-0.4, -0.2) is 47.8 Å². The van der Waals surface area contributed by atoms with Gasteiger partial charge in [0.05, 0.1) is 0 Å². The molecule has 0 radical (unpaired) electrons. The number of hydrogen-bond donors (Lipinski definition) is 0. The van der Waals surface area contributed by atoms with Gasteiger partial charge in [0.1, 0.15) is 0 Å². The van der Waals surface area contributed by atoms with Gasteiger partial charge in [0.25, 0.3) is 11.8 Å². The second-order valence-electron chi connectivity index (χ2n) is 5.61. The van der Waals surface area contributed by atoms with E-state index >= 15 is 0 Å². The second kappa shape index (κ2) is 7.49. The Morgan fingerprint density at radius 2 is 1.08 bits per heavy atom. The molecule has 0 aromatic heterocycles. The number of benzene rings is 2. The molecule has 1 saturated heterocycles. The summed E-state index contributed by atoms with van der Waals surface area (Å²) in [4.78, 5) is 28.7. The van der Waals surface area contributed by atoms with E-state index in [0.29, 0.717) is 37.3 Å². The van der Waals surface area contributed by atoms with Crippen molar-refractivity contribution in [2.75, 3.05) is 26.2 Å². The quantitative estimate of drug-likeness (QED) is 0.696. The molecule has 1 heterocycles. The maximum atomic E-state index is 12.5. The van der Waals surface area contributed by atoms with Crippen molar-refractivity contribution >= 4 is 43.7 Å². The maximum absolute atomic E-state index is 12.5. The first-order chi connectivity index (χ1) is 11.5. The minimum absolute atomic E-state index is 0.00542. The fourth-order valence-corrected chi connectivity index (χ4v) is 3.52. The van der Waals surface area contributed by atoms with E-state index in [0.717, 1.165) is 8.95 Å². The molecule has 0 atom stereocenters. The van der Waals surface area contributed by atoms with Crippen LogP contribution in [0.25, 0.3) is 0 Å². The lowest BCUT2D eigenvalue weighted by atomic mass is 10.1. The monoisotopic (exact) mass is 450 g/mol. The third kappa shape index (κ3) is 3.87. The highest BCUT2D eigenvalue weighted by molar-refractivity contribution is 9.10. The van der Waals surface area contributed by atoms with Crippen molar-refractivity contribution in [2.24, 2.45) is 0 Å². The molecule has 3 rings (SSSR count). The fraction of sp³-hybridized carbons (Fsp3) is 0.222. The van der Waals surface area contributed by atoms with Crippen molar-refractivity contribution in [3.8, 4) is 0 Å². The third-order valence-corrected chi connectivity index (χ3v) is 4.98. The van der Waals surface area contributed by atoms with Crippen molar-refractivity contribution < 1.29 is 9.59 Å². The fourth-order valence-electron chi connectivity index (χ4n) is 2.72. The molecule has 0 N–H and O–H groups in total. The summed E-state index contributed by atoms with van der Waals surface area (Å²) in [7, 11) is 0. The number of nitrogens with zero attached hydrogens (tertiary/aromatic N) is 2. The number of halogens is 2. The Balaban J connectivity index is 1.63. The zero-order valence-corrected chi connectivity index (χ0v) is 16.1. The average molecular weight is 452 g/mol. The molecule has 0 unspecified atom stereocenters. The first-order valence-corrected chi connectivity index (χ1v) is 9.23. The number of amides is 2. The average Bonchev–Trinajstić information content (AvgIpc) is 2.60. The van der Waals surface area contributed by atoms with Gasteiger partial charge < -0.3 is 9.80 Å². The van der Waals surface area contributed by atoms with Crippen molar-refractivity contribution in [3.05, 3.63) is 68.6 Å². The maximum Gasteiger partial charge on any atom is 0.254 e. The molecule has 2 amide bonds. The van der Waals surface area contributed by atoms with E-state index in [9.17, 15) is 9.59 Å². The normalized spacial score (nSPS) is 14.6. The van der Waals surface area contributed by atoms with E-state index in [1.165, 1.54) is 0 Å². The molecular weight excluding hydrogens is 436 g/mol. The molecule has 2 aromatic carbocycles. The van der Waals surface area contributed by atoms with Crippen LogP contribution in [0.2, 0.25) is 0 Å². The molecule has 0 saturated carbocycles. The standard InChI is InChI=1S/C18H16Br2N2O2/c19-15-5-1-3-13(11-15)17(23)21-7-9-22(10-8-21)18(24)14-4-2-6-16(20)12-14/h1-6,11-12H,7-10H2. The Labute approximate surface area is 157 Å². The smallest absolute Gasteiger partial charge is 0.254 e. The highest BCUT2D eigenvalue weighted by Crippen LogP contribution is 2.17. The van der Waals surface area contributed by atoms with Gasteiger partial charge in [0.2, 0.25) is 0 Å². The molecule has 124 valence electrons. The minimum Gasteiger partial charge on any atom is -0.335 e. The van der Waals surface area contributed by atoms with Crippen LogP contribution < -0.4 is 0 Å². The van der Waals surface area contributed by atoms with Gasteiger partial charge >= 0.3 is 0 Å². The van der Waals surface area contributed by atoms with Crippen LogP contribution in [0.5, 0.6) is 0 Å². The van der Waals surface area contributed by atoms with Gasteiger partial charge in [0, 0.05) is 46.3 Å². The van der Waals surface area contributed by atoms with Gasteiger partial charge in [-0.1, -0.05) is 44.0 Å². The molecule has 2 aromatic rings. The van der Waals surface area contributed by atoms with Crippen molar-refractivity contribution in [2.45, 2.75) is 0 Å². The van der Waals surface area contributed by atoms with Crippen molar-refractivity contribution in [1.29, 1.82) is 0 Å². The molecule has 0 spiro atoms. The van der Waals surface area contributed by atoms with E-state index in [1.54, 1.807) is 9.80 Å². The van der Waals surface area contributed by atoms with E-state index in [1.807, 2.05) is 48.5 Å². The summed E-state index contributed by atoms with van der Waals surface area (Å²) in [5.41, 5.74) is 1.33. The van der Waals surface area contributed by atoms with Crippen LogP contribution in [0.1, 0.15) is 20.7 Å². The van der Waals surface area contributed by atoms with Crippen LogP contribution in [-0.2, 0) is 0 Å². The van der Waals surface area contributed by atoms with Gasteiger partial charge in [-0.05, 0) is 36.4 Å². The Bertz CT molecular complexity index is 706. The van der Waals surface area contributed by atoms with Gasteiger partial charge in [-0.15, -0.1) is 0 Å². The predicted octanol–water partition coefficient (Wildman–Crippen LogP) is 3.81. The number of carbonyl (C=O) groups excluding carboxylic acids is 2. The molecular formula is C18H16Br2N2O2. The topological polar surface area (TPSA) is 40.6 Å². The summed E-state index contributed by atoms with van der Waals surface area (Å²) >= 11 is 6.77. The minimum atomic E-state index is 0.00542. The summed E-state index contributed by atoms with van der Waals surface area (Å²) in [6, 6.07) is 14.8. The van der Waals surface area contributed by atoms with Crippen molar-refractivity contribution in [3.63, 3.8) is 0 Å². The number of hydrogen-bond acceptors (Lipinski definition) is 2. The first-order valence-electron chi connectivity index (χ1n) is 7.64. The molecule has 0 aliphatic carbocycles. The summed E-state index contributed by atoms with van der Waals surface area (Å²) in [6.07, 6.45) is 0. The molecule has 0 bridgehead atoms. The van der Waals surface area contributed by atoms with E-state index in [4.69, 9.17) is 0 Å². The summed E-state index contributed by atoms with van der Waals surface area (Å²) in [5.74, 6) is 0.0108. The lowest BCUT2D eigenvalue weighted by Crippen LogP contribution is -2.50. The summed E-state index contributed by atoms with van der Waals surface area (Å²) < 4.78 is 1.77. The van der Waals surface area contributed by atoms with Crippen LogP contribution in [0.4, 0.5) is 0 Å². The van der Waals surface area contributed by atoms with Gasteiger partial charge in [-0.3, -0.25) is 9.59 Å². The Hall–Kier alpha value is -1.66. The number of piperazine rings is 1. The van der Waals surface area contributed by atoms with E-state index < -0.39 is 0 Å². The number of rotatable bonds is 2. The second-order valence-corrected chi connectivity index (χ2v) is 7.44.